The first kappa shape index (κ1) is 29.5. The van der Waals surface area contributed by atoms with Crippen molar-refractivity contribution in [1.82, 2.24) is 0 Å². The van der Waals surface area contributed by atoms with E-state index < -0.39 is 22.8 Å². The molecule has 0 amide bonds. The molecular formula is C20H38MgO4. The topological polar surface area (TPSA) is 80.3 Å². The first-order valence-electron chi connectivity index (χ1n) is 9.68. The smallest absolute Gasteiger partial charge is 0.550 e. The van der Waals surface area contributed by atoms with Gasteiger partial charge < -0.3 is 19.8 Å². The summed E-state index contributed by atoms with van der Waals surface area (Å²) in [4.78, 5) is 21.8. The van der Waals surface area contributed by atoms with Crippen LogP contribution in [-0.4, -0.2) is 35.0 Å². The molecule has 0 bridgehead atoms. The Bertz CT molecular complexity index is 314. The van der Waals surface area contributed by atoms with E-state index in [2.05, 4.69) is 13.8 Å². The first-order chi connectivity index (χ1) is 11.3. The van der Waals surface area contributed by atoms with Gasteiger partial charge in [0.05, 0.1) is 0 Å². The maximum absolute atomic E-state index is 10.9. The Labute approximate surface area is 171 Å². The van der Waals surface area contributed by atoms with Crippen molar-refractivity contribution in [2.24, 2.45) is 10.8 Å². The van der Waals surface area contributed by atoms with Gasteiger partial charge in [-0.05, 0) is 38.5 Å². The summed E-state index contributed by atoms with van der Waals surface area (Å²) in [5.74, 6) is -1.75. The van der Waals surface area contributed by atoms with Crippen molar-refractivity contribution in [2.45, 2.75) is 106 Å². The molecule has 0 spiro atoms. The Kier molecular flexibility index (Phi) is 18.8. The number of hydrogen-bond acceptors (Lipinski definition) is 4. The summed E-state index contributed by atoms with van der Waals surface area (Å²) < 4.78 is 0. The molecule has 0 atom stereocenters. The van der Waals surface area contributed by atoms with Crippen LogP contribution < -0.4 is 10.2 Å². The first-order valence-corrected chi connectivity index (χ1v) is 9.68. The molecule has 4 nitrogen and oxygen atoms in total. The summed E-state index contributed by atoms with van der Waals surface area (Å²) >= 11 is 0. The van der Waals surface area contributed by atoms with E-state index in [1.807, 2.05) is 27.7 Å². The minimum absolute atomic E-state index is 0. The fraction of sp³-hybridized carbons (Fsp3) is 0.900. The molecule has 0 aromatic heterocycles. The van der Waals surface area contributed by atoms with Gasteiger partial charge >= 0.3 is 23.1 Å². The van der Waals surface area contributed by atoms with E-state index in [9.17, 15) is 19.8 Å². The van der Waals surface area contributed by atoms with E-state index in [-0.39, 0.29) is 23.1 Å². The second kappa shape index (κ2) is 15.9. The van der Waals surface area contributed by atoms with E-state index in [0.29, 0.717) is 25.7 Å². The van der Waals surface area contributed by atoms with Gasteiger partial charge in [-0.1, -0.05) is 67.2 Å². The average Bonchev–Trinajstić information content (AvgIpc) is 2.58. The van der Waals surface area contributed by atoms with Crippen molar-refractivity contribution in [1.29, 1.82) is 0 Å². The molecule has 0 unspecified atom stereocenters. The molecule has 0 heterocycles. The Balaban J connectivity index is -0.000000372. The van der Waals surface area contributed by atoms with Crippen LogP contribution in [0.1, 0.15) is 106 Å². The normalized spacial score (nSPS) is 11.1. The van der Waals surface area contributed by atoms with Gasteiger partial charge in [0.15, 0.2) is 0 Å². The molecule has 0 aromatic rings. The standard InChI is InChI=1S/2C10H20O2.Mg/c2*1-4-7-8-10(5-2,6-3)9(11)12;/h2*4-8H2,1-3H3,(H,11,12);/q;;+2/p-2. The number of aliphatic carboxylic acids is 2. The number of carbonyl (C=O) groups excluding carboxylic acids is 2. The minimum Gasteiger partial charge on any atom is -0.550 e. The van der Waals surface area contributed by atoms with Gasteiger partial charge in [0, 0.05) is 22.8 Å². The molecule has 0 rings (SSSR count). The summed E-state index contributed by atoms with van der Waals surface area (Å²) in [6, 6.07) is 0. The molecule has 144 valence electrons. The minimum atomic E-state index is -0.874. The number of carboxylic acids is 2. The van der Waals surface area contributed by atoms with Crippen LogP contribution in [0, 0.1) is 10.8 Å². The largest absolute Gasteiger partial charge is 2.00 e. The third kappa shape index (κ3) is 9.83. The fourth-order valence-corrected chi connectivity index (χ4v) is 3.02. The van der Waals surface area contributed by atoms with Crippen LogP contribution in [0.4, 0.5) is 0 Å². The summed E-state index contributed by atoms with van der Waals surface area (Å²) in [6.07, 6.45) is 8.34. The number of unbranched alkanes of at least 4 members (excludes halogenated alkanes) is 2. The SMILES string of the molecule is CCCCC(CC)(CC)C(=O)[O-].CCCCC(CC)(CC)C(=O)[O-].[Mg+2]. The fourth-order valence-electron chi connectivity index (χ4n) is 3.02. The molecule has 0 aromatic carbocycles. The van der Waals surface area contributed by atoms with Crippen molar-refractivity contribution in [3.63, 3.8) is 0 Å². The molecule has 5 heteroatoms. The second-order valence-corrected chi connectivity index (χ2v) is 6.76. The van der Waals surface area contributed by atoms with Crippen LogP contribution in [-0.2, 0) is 9.59 Å². The van der Waals surface area contributed by atoms with Gasteiger partial charge in [-0.3, -0.25) is 0 Å². The molecule has 0 aliphatic carbocycles. The van der Waals surface area contributed by atoms with E-state index in [1.54, 1.807) is 0 Å². The van der Waals surface area contributed by atoms with Gasteiger partial charge in [-0.2, -0.15) is 0 Å². The molecule has 0 radical (unpaired) electrons. The Morgan fingerprint density at radius 2 is 0.880 bits per heavy atom. The molecule has 25 heavy (non-hydrogen) atoms. The molecule has 0 aliphatic rings. The van der Waals surface area contributed by atoms with Gasteiger partial charge in [0.2, 0.25) is 0 Å². The summed E-state index contributed by atoms with van der Waals surface area (Å²) in [5, 5.41) is 21.8. The van der Waals surface area contributed by atoms with Crippen molar-refractivity contribution < 1.29 is 19.8 Å². The molecule has 0 fully saturated rings. The molecule has 0 N–H and O–H groups in total. The molecule has 0 saturated carbocycles. The zero-order chi connectivity index (χ0) is 19.2. The molecular weight excluding hydrogens is 329 g/mol. The summed E-state index contributed by atoms with van der Waals surface area (Å²) in [6.45, 7) is 11.9. The predicted molar refractivity (Wildman–Crippen MR) is 101 cm³/mol. The number of carboxylic acid groups (broad SMARTS) is 2. The maximum atomic E-state index is 10.9. The second-order valence-electron chi connectivity index (χ2n) is 6.76. The Hall–Kier alpha value is -0.294. The zero-order valence-electron chi connectivity index (χ0n) is 17.4. The van der Waals surface area contributed by atoms with E-state index >= 15 is 0 Å². The van der Waals surface area contributed by atoms with Crippen molar-refractivity contribution in [3.8, 4) is 0 Å². The quantitative estimate of drug-likeness (QED) is 0.497. The molecule has 0 aliphatic heterocycles. The van der Waals surface area contributed by atoms with Crippen LogP contribution >= 0.6 is 0 Å². The van der Waals surface area contributed by atoms with Crippen molar-refractivity contribution in [2.75, 3.05) is 0 Å². The number of hydrogen-bond donors (Lipinski definition) is 0. The Morgan fingerprint density at radius 3 is 1.00 bits per heavy atom. The third-order valence-corrected chi connectivity index (χ3v) is 5.59. The predicted octanol–water partition coefficient (Wildman–Crippen LogP) is 3.09. The van der Waals surface area contributed by atoms with E-state index in [1.165, 1.54) is 0 Å². The number of carbonyl (C=O) groups is 2. The van der Waals surface area contributed by atoms with Crippen LogP contribution in [0.3, 0.4) is 0 Å². The monoisotopic (exact) mass is 366 g/mol. The van der Waals surface area contributed by atoms with Gasteiger partial charge in [-0.15, -0.1) is 0 Å². The van der Waals surface area contributed by atoms with Crippen LogP contribution in [0.15, 0.2) is 0 Å². The van der Waals surface area contributed by atoms with Crippen LogP contribution in [0.25, 0.3) is 0 Å². The van der Waals surface area contributed by atoms with Crippen molar-refractivity contribution in [3.05, 3.63) is 0 Å². The summed E-state index contributed by atoms with van der Waals surface area (Å²) in [5.41, 5.74) is -1.12. The molecule has 0 saturated heterocycles. The van der Waals surface area contributed by atoms with Crippen LogP contribution in [0.2, 0.25) is 0 Å². The van der Waals surface area contributed by atoms with E-state index in [4.69, 9.17) is 0 Å². The van der Waals surface area contributed by atoms with Gasteiger partial charge in [0.1, 0.15) is 0 Å². The summed E-state index contributed by atoms with van der Waals surface area (Å²) in [7, 11) is 0. The van der Waals surface area contributed by atoms with Gasteiger partial charge in [0.25, 0.3) is 0 Å². The van der Waals surface area contributed by atoms with Crippen molar-refractivity contribution >= 4 is 35.0 Å². The maximum Gasteiger partial charge on any atom is 2.00 e. The number of rotatable bonds is 12. The van der Waals surface area contributed by atoms with Crippen LogP contribution in [0.5, 0.6) is 0 Å². The third-order valence-electron chi connectivity index (χ3n) is 5.59. The average molecular weight is 367 g/mol. The van der Waals surface area contributed by atoms with E-state index in [0.717, 1.165) is 38.5 Å². The van der Waals surface area contributed by atoms with Gasteiger partial charge in [-0.25, -0.2) is 0 Å². The Morgan fingerprint density at radius 1 is 0.640 bits per heavy atom. The zero-order valence-corrected chi connectivity index (χ0v) is 18.8.